The van der Waals surface area contributed by atoms with Gasteiger partial charge in [0.05, 0.1) is 16.7 Å². The number of thiophene rings is 1. The van der Waals surface area contributed by atoms with Crippen LogP contribution in [0.15, 0.2) is 6.07 Å². The molecule has 108 valence electrons. The zero-order valence-corrected chi connectivity index (χ0v) is 12.5. The van der Waals surface area contributed by atoms with Gasteiger partial charge < -0.3 is 10.4 Å². The van der Waals surface area contributed by atoms with Crippen LogP contribution < -0.4 is 5.32 Å². The highest BCUT2D eigenvalue weighted by Crippen LogP contribution is 2.28. The third-order valence-corrected chi connectivity index (χ3v) is 5.26. The number of aliphatic hydroxyl groups is 1. The lowest BCUT2D eigenvalue weighted by Crippen LogP contribution is -2.32. The molecule has 2 heterocycles. The Morgan fingerprint density at radius 1 is 1.60 bits per heavy atom. The monoisotopic (exact) mass is 293 g/mol. The van der Waals surface area contributed by atoms with Crippen molar-refractivity contribution in [3.05, 3.63) is 16.6 Å². The number of nitrogens with zero attached hydrogens (tertiary/aromatic N) is 2. The second kappa shape index (κ2) is 5.18. The lowest BCUT2D eigenvalue weighted by atomic mass is 10.1. The average Bonchev–Trinajstić information content (AvgIpc) is 3.07. The minimum Gasteiger partial charge on any atom is -0.393 e. The van der Waals surface area contributed by atoms with Crippen LogP contribution >= 0.6 is 11.3 Å². The average molecular weight is 293 g/mol. The standard InChI is InChI=1S/C14H19N3O2S/c1-8-10-6-12(20-14(10)17(2)16-8)13(19)15-7-9-4-3-5-11(9)18/h6,9,11,18H,3-5,7H2,1-2H3,(H,15,19). The number of hydrogen-bond acceptors (Lipinski definition) is 4. The van der Waals surface area contributed by atoms with Gasteiger partial charge in [-0.3, -0.25) is 9.48 Å². The molecule has 2 N–H and O–H groups in total. The topological polar surface area (TPSA) is 67.2 Å². The van der Waals surface area contributed by atoms with Crippen LogP contribution in [0.5, 0.6) is 0 Å². The first-order valence-electron chi connectivity index (χ1n) is 6.95. The summed E-state index contributed by atoms with van der Waals surface area (Å²) in [6, 6.07) is 1.91. The highest BCUT2D eigenvalue weighted by atomic mass is 32.1. The van der Waals surface area contributed by atoms with Crippen molar-refractivity contribution in [2.24, 2.45) is 13.0 Å². The first-order chi connectivity index (χ1) is 9.56. The number of nitrogens with one attached hydrogen (secondary N) is 1. The Morgan fingerprint density at radius 2 is 2.40 bits per heavy atom. The van der Waals surface area contributed by atoms with Crippen LogP contribution in [0, 0.1) is 12.8 Å². The van der Waals surface area contributed by atoms with Crippen LogP contribution in [0.4, 0.5) is 0 Å². The molecule has 1 saturated carbocycles. The van der Waals surface area contributed by atoms with E-state index in [4.69, 9.17) is 0 Å². The minimum atomic E-state index is -0.260. The molecular formula is C14H19N3O2S. The number of aliphatic hydroxyl groups excluding tert-OH is 1. The normalized spacial score (nSPS) is 22.6. The third kappa shape index (κ3) is 2.33. The Kier molecular flexibility index (Phi) is 3.52. The summed E-state index contributed by atoms with van der Waals surface area (Å²) >= 11 is 1.46. The maximum absolute atomic E-state index is 12.2. The number of carbonyl (C=O) groups is 1. The van der Waals surface area contributed by atoms with Crippen molar-refractivity contribution in [2.75, 3.05) is 6.54 Å². The first-order valence-corrected chi connectivity index (χ1v) is 7.77. The molecule has 1 fully saturated rings. The van der Waals surface area contributed by atoms with E-state index in [2.05, 4.69) is 10.4 Å². The Balaban J connectivity index is 1.70. The summed E-state index contributed by atoms with van der Waals surface area (Å²) in [6.07, 6.45) is 2.64. The van der Waals surface area contributed by atoms with Crippen LogP contribution in [0.1, 0.15) is 34.6 Å². The fourth-order valence-electron chi connectivity index (χ4n) is 2.88. The van der Waals surface area contributed by atoms with Crippen LogP contribution in [-0.4, -0.2) is 33.4 Å². The molecule has 1 aliphatic carbocycles. The molecule has 2 atom stereocenters. The second-order valence-electron chi connectivity index (χ2n) is 5.51. The van der Waals surface area contributed by atoms with E-state index in [1.54, 1.807) is 0 Å². The van der Waals surface area contributed by atoms with Gasteiger partial charge in [-0.2, -0.15) is 5.10 Å². The number of carbonyl (C=O) groups excluding carboxylic acids is 1. The molecule has 0 aromatic carbocycles. The molecule has 2 aromatic rings. The van der Waals surface area contributed by atoms with Crippen molar-refractivity contribution in [3.8, 4) is 0 Å². The maximum atomic E-state index is 12.2. The number of fused-ring (bicyclic) bond motifs is 1. The summed E-state index contributed by atoms with van der Waals surface area (Å²) < 4.78 is 1.81. The van der Waals surface area contributed by atoms with Gasteiger partial charge in [0.15, 0.2) is 0 Å². The Morgan fingerprint density at radius 3 is 3.05 bits per heavy atom. The molecule has 3 rings (SSSR count). The molecule has 0 saturated heterocycles. The van der Waals surface area contributed by atoms with E-state index in [-0.39, 0.29) is 17.9 Å². The van der Waals surface area contributed by atoms with Gasteiger partial charge in [0.2, 0.25) is 0 Å². The number of aromatic nitrogens is 2. The Labute approximate surface area is 121 Å². The molecule has 2 aromatic heterocycles. The first kappa shape index (κ1) is 13.6. The molecule has 1 amide bonds. The van der Waals surface area contributed by atoms with Gasteiger partial charge in [-0.15, -0.1) is 11.3 Å². The summed E-state index contributed by atoms with van der Waals surface area (Å²) in [5.41, 5.74) is 0.948. The second-order valence-corrected chi connectivity index (χ2v) is 6.54. The van der Waals surface area contributed by atoms with Gasteiger partial charge in [0, 0.05) is 24.9 Å². The third-order valence-electron chi connectivity index (χ3n) is 4.06. The van der Waals surface area contributed by atoms with Crippen LogP contribution in [0.2, 0.25) is 0 Å². The van der Waals surface area contributed by atoms with E-state index in [1.807, 2.05) is 24.7 Å². The van der Waals surface area contributed by atoms with E-state index < -0.39 is 0 Å². The van der Waals surface area contributed by atoms with Crippen molar-refractivity contribution in [3.63, 3.8) is 0 Å². The molecule has 5 nitrogen and oxygen atoms in total. The fourth-order valence-corrected chi connectivity index (χ4v) is 3.92. The van der Waals surface area contributed by atoms with E-state index >= 15 is 0 Å². The van der Waals surface area contributed by atoms with Gasteiger partial charge in [-0.25, -0.2) is 0 Å². The van der Waals surface area contributed by atoms with Crippen molar-refractivity contribution >= 4 is 27.5 Å². The maximum Gasteiger partial charge on any atom is 0.261 e. The van der Waals surface area contributed by atoms with Crippen molar-refractivity contribution in [1.29, 1.82) is 0 Å². The van der Waals surface area contributed by atoms with E-state index in [9.17, 15) is 9.90 Å². The molecular weight excluding hydrogens is 274 g/mol. The quantitative estimate of drug-likeness (QED) is 0.907. The van der Waals surface area contributed by atoms with Crippen LogP contribution in [0.25, 0.3) is 10.2 Å². The van der Waals surface area contributed by atoms with Crippen molar-refractivity contribution in [1.82, 2.24) is 15.1 Å². The molecule has 0 radical (unpaired) electrons. The van der Waals surface area contributed by atoms with E-state index in [0.29, 0.717) is 11.4 Å². The van der Waals surface area contributed by atoms with Gasteiger partial charge in [0.25, 0.3) is 5.91 Å². The largest absolute Gasteiger partial charge is 0.393 e. The molecule has 6 heteroatoms. The Hall–Kier alpha value is -1.40. The van der Waals surface area contributed by atoms with E-state index in [0.717, 1.165) is 35.2 Å². The van der Waals surface area contributed by atoms with Crippen molar-refractivity contribution in [2.45, 2.75) is 32.3 Å². The predicted octanol–water partition coefficient (Wildman–Crippen LogP) is 1.83. The number of rotatable bonds is 3. The predicted molar refractivity (Wildman–Crippen MR) is 79.0 cm³/mol. The zero-order valence-electron chi connectivity index (χ0n) is 11.7. The lowest BCUT2D eigenvalue weighted by molar-refractivity contribution is 0.0921. The minimum absolute atomic E-state index is 0.0512. The molecule has 0 aliphatic heterocycles. The van der Waals surface area contributed by atoms with Crippen LogP contribution in [0.3, 0.4) is 0 Å². The van der Waals surface area contributed by atoms with Gasteiger partial charge >= 0.3 is 0 Å². The number of amides is 1. The summed E-state index contributed by atoms with van der Waals surface area (Å²) in [7, 11) is 1.89. The highest BCUT2D eigenvalue weighted by Gasteiger charge is 2.25. The van der Waals surface area contributed by atoms with Gasteiger partial charge in [0.1, 0.15) is 4.83 Å². The molecule has 0 spiro atoms. The number of aryl methyl sites for hydroxylation is 2. The fraction of sp³-hybridized carbons (Fsp3) is 0.571. The van der Waals surface area contributed by atoms with Gasteiger partial charge in [-0.05, 0) is 25.8 Å². The summed E-state index contributed by atoms with van der Waals surface area (Å²) in [5.74, 6) is 0.154. The molecule has 20 heavy (non-hydrogen) atoms. The van der Waals surface area contributed by atoms with Crippen LogP contribution in [-0.2, 0) is 7.05 Å². The molecule has 0 bridgehead atoms. The number of hydrogen-bond donors (Lipinski definition) is 2. The lowest BCUT2D eigenvalue weighted by Gasteiger charge is -2.14. The summed E-state index contributed by atoms with van der Waals surface area (Å²) in [6.45, 7) is 2.51. The molecule has 1 aliphatic rings. The van der Waals surface area contributed by atoms with E-state index in [1.165, 1.54) is 11.3 Å². The summed E-state index contributed by atoms with van der Waals surface area (Å²) in [4.78, 5) is 13.9. The van der Waals surface area contributed by atoms with Crippen molar-refractivity contribution < 1.29 is 9.90 Å². The van der Waals surface area contributed by atoms with Gasteiger partial charge in [-0.1, -0.05) is 6.42 Å². The summed E-state index contributed by atoms with van der Waals surface area (Å²) in [5, 5.41) is 18.1. The Bertz CT molecular complexity index is 612. The SMILES string of the molecule is Cc1nn(C)c2sc(C(=O)NCC3CCCC3O)cc12. The smallest absolute Gasteiger partial charge is 0.261 e. The molecule has 2 unspecified atom stereocenters. The highest BCUT2D eigenvalue weighted by molar-refractivity contribution is 7.20. The zero-order chi connectivity index (χ0) is 14.3.